The summed E-state index contributed by atoms with van der Waals surface area (Å²) in [4.78, 5) is 24.2. The molecule has 1 saturated heterocycles. The molecular weight excluding hydrogens is 248 g/mol. The van der Waals surface area contributed by atoms with E-state index in [0.717, 1.165) is 12.8 Å². The molecule has 0 aromatic rings. The first kappa shape index (κ1) is 15.8. The lowest BCUT2D eigenvalue weighted by molar-refractivity contribution is -0.137. The van der Waals surface area contributed by atoms with Crippen LogP contribution in [0.3, 0.4) is 0 Å². The lowest BCUT2D eigenvalue weighted by atomic mass is 10.1. The second-order valence-corrected chi connectivity index (χ2v) is 4.92. The molecule has 0 saturated carbocycles. The zero-order chi connectivity index (χ0) is 14.3. The van der Waals surface area contributed by atoms with E-state index in [-0.39, 0.29) is 24.6 Å². The number of carbonyl (C=O) groups is 2. The number of nitrogens with zero attached hydrogens (tertiary/aromatic N) is 1. The van der Waals surface area contributed by atoms with Crippen molar-refractivity contribution in [3.63, 3.8) is 0 Å². The minimum absolute atomic E-state index is 0.0772. The average Bonchev–Trinajstić information content (AvgIpc) is 2.37. The first-order chi connectivity index (χ1) is 9.02. The molecular formula is C13H24N2O4. The molecule has 0 aromatic carbocycles. The molecule has 1 atom stereocenters. The highest BCUT2D eigenvalue weighted by Crippen LogP contribution is 2.13. The van der Waals surface area contributed by atoms with E-state index in [9.17, 15) is 9.59 Å². The number of nitrogens with one attached hydrogen (secondary N) is 1. The Morgan fingerprint density at radius 2 is 2.05 bits per heavy atom. The minimum atomic E-state index is -0.835. The molecule has 1 aliphatic rings. The second-order valence-electron chi connectivity index (χ2n) is 4.92. The predicted molar refractivity (Wildman–Crippen MR) is 71.1 cm³/mol. The normalized spacial score (nSPS) is 18.1. The fourth-order valence-electron chi connectivity index (χ4n) is 2.18. The first-order valence-electron chi connectivity index (χ1n) is 6.91. The van der Waals surface area contributed by atoms with Crippen molar-refractivity contribution in [1.82, 2.24) is 10.2 Å². The van der Waals surface area contributed by atoms with Gasteiger partial charge in [0.15, 0.2) is 0 Å². The quantitative estimate of drug-likeness (QED) is 0.767. The van der Waals surface area contributed by atoms with Crippen LogP contribution in [-0.4, -0.2) is 53.8 Å². The van der Waals surface area contributed by atoms with Crippen molar-refractivity contribution >= 4 is 12.0 Å². The zero-order valence-electron chi connectivity index (χ0n) is 11.7. The van der Waals surface area contributed by atoms with Crippen LogP contribution in [0.4, 0.5) is 4.79 Å². The highest BCUT2D eigenvalue weighted by Gasteiger charge is 2.23. The van der Waals surface area contributed by atoms with Crippen LogP contribution in [0.2, 0.25) is 0 Å². The molecule has 2 N–H and O–H groups in total. The first-order valence-corrected chi connectivity index (χ1v) is 6.91. The standard InChI is InChI=1S/C13H24N2O4/c1-3-19-11-6-8-15(9-7-11)13(18)14-10(2)4-5-12(16)17/h10-11H,3-9H2,1-2H3,(H,14,18)(H,16,17). The van der Waals surface area contributed by atoms with Gasteiger partial charge in [0.05, 0.1) is 6.10 Å². The van der Waals surface area contributed by atoms with Gasteiger partial charge in [0.1, 0.15) is 0 Å². The molecule has 6 heteroatoms. The van der Waals surface area contributed by atoms with Crippen LogP contribution >= 0.6 is 0 Å². The maximum absolute atomic E-state index is 11.9. The lowest BCUT2D eigenvalue weighted by Crippen LogP contribution is -2.48. The Kier molecular flexibility index (Phi) is 6.62. The maximum atomic E-state index is 11.9. The number of aliphatic carboxylic acids is 1. The third-order valence-electron chi connectivity index (χ3n) is 3.29. The zero-order valence-corrected chi connectivity index (χ0v) is 11.7. The Morgan fingerprint density at radius 1 is 1.42 bits per heavy atom. The molecule has 1 rings (SSSR count). The van der Waals surface area contributed by atoms with E-state index in [1.807, 2.05) is 13.8 Å². The third kappa shape index (κ3) is 5.92. The molecule has 19 heavy (non-hydrogen) atoms. The molecule has 0 spiro atoms. The van der Waals surface area contributed by atoms with E-state index in [4.69, 9.17) is 9.84 Å². The summed E-state index contributed by atoms with van der Waals surface area (Å²) in [5, 5.41) is 11.4. The molecule has 0 bridgehead atoms. The van der Waals surface area contributed by atoms with Crippen molar-refractivity contribution in [2.24, 2.45) is 0 Å². The number of piperidine rings is 1. The molecule has 1 heterocycles. The highest BCUT2D eigenvalue weighted by molar-refractivity contribution is 5.74. The Labute approximate surface area is 114 Å². The second kappa shape index (κ2) is 7.99. The largest absolute Gasteiger partial charge is 0.481 e. The molecule has 1 unspecified atom stereocenters. The fraction of sp³-hybridized carbons (Fsp3) is 0.846. The van der Waals surface area contributed by atoms with Gasteiger partial charge in [-0.2, -0.15) is 0 Å². The van der Waals surface area contributed by atoms with Crippen molar-refractivity contribution < 1.29 is 19.4 Å². The molecule has 0 aromatic heterocycles. The van der Waals surface area contributed by atoms with Crippen molar-refractivity contribution in [3.05, 3.63) is 0 Å². The van der Waals surface area contributed by atoms with E-state index < -0.39 is 5.97 Å². The number of ether oxygens (including phenoxy) is 1. The van der Waals surface area contributed by atoms with Gasteiger partial charge in [-0.25, -0.2) is 4.79 Å². The van der Waals surface area contributed by atoms with Crippen molar-refractivity contribution in [2.75, 3.05) is 19.7 Å². The number of carboxylic acid groups (broad SMARTS) is 1. The van der Waals surface area contributed by atoms with Crippen LogP contribution in [-0.2, 0) is 9.53 Å². The van der Waals surface area contributed by atoms with Crippen LogP contribution in [0.5, 0.6) is 0 Å². The molecule has 0 aliphatic carbocycles. The summed E-state index contributed by atoms with van der Waals surface area (Å²) in [6.07, 6.45) is 2.53. The number of carbonyl (C=O) groups excluding carboxylic acids is 1. The number of amides is 2. The summed E-state index contributed by atoms with van der Waals surface area (Å²) < 4.78 is 5.53. The molecule has 110 valence electrons. The number of rotatable bonds is 6. The topological polar surface area (TPSA) is 78.9 Å². The molecule has 1 aliphatic heterocycles. The number of likely N-dealkylation sites (tertiary alicyclic amines) is 1. The van der Waals surface area contributed by atoms with Gasteiger partial charge in [0.2, 0.25) is 0 Å². The highest BCUT2D eigenvalue weighted by atomic mass is 16.5. The molecule has 6 nitrogen and oxygen atoms in total. The van der Waals surface area contributed by atoms with Crippen LogP contribution < -0.4 is 5.32 Å². The summed E-state index contributed by atoms with van der Waals surface area (Å²) in [5.41, 5.74) is 0. The molecule has 0 radical (unpaired) electrons. The van der Waals surface area contributed by atoms with Crippen molar-refractivity contribution in [3.8, 4) is 0 Å². The number of urea groups is 1. The van der Waals surface area contributed by atoms with E-state index in [0.29, 0.717) is 26.1 Å². The summed E-state index contributed by atoms with van der Waals surface area (Å²) in [7, 11) is 0. The van der Waals surface area contributed by atoms with Gasteiger partial charge in [-0.05, 0) is 33.1 Å². The number of carboxylic acids is 1. The molecule has 1 fully saturated rings. The minimum Gasteiger partial charge on any atom is -0.481 e. The predicted octanol–water partition coefficient (Wildman–Crippen LogP) is 1.45. The Hall–Kier alpha value is -1.30. The van der Waals surface area contributed by atoms with Crippen LogP contribution in [0.15, 0.2) is 0 Å². The van der Waals surface area contributed by atoms with Crippen molar-refractivity contribution in [1.29, 1.82) is 0 Å². The lowest BCUT2D eigenvalue weighted by Gasteiger charge is -2.32. The van der Waals surface area contributed by atoms with E-state index >= 15 is 0 Å². The maximum Gasteiger partial charge on any atom is 0.317 e. The van der Waals surface area contributed by atoms with E-state index in [1.165, 1.54) is 0 Å². The van der Waals surface area contributed by atoms with Gasteiger partial charge in [0, 0.05) is 32.2 Å². The summed E-state index contributed by atoms with van der Waals surface area (Å²) in [6.45, 7) is 5.91. The van der Waals surface area contributed by atoms with Crippen LogP contribution in [0.25, 0.3) is 0 Å². The van der Waals surface area contributed by atoms with E-state index in [1.54, 1.807) is 4.90 Å². The average molecular weight is 272 g/mol. The summed E-state index contributed by atoms with van der Waals surface area (Å²) >= 11 is 0. The summed E-state index contributed by atoms with van der Waals surface area (Å²) in [6, 6.07) is -0.221. The smallest absolute Gasteiger partial charge is 0.317 e. The monoisotopic (exact) mass is 272 g/mol. The molecule has 2 amide bonds. The van der Waals surface area contributed by atoms with Crippen molar-refractivity contribution in [2.45, 2.75) is 51.7 Å². The van der Waals surface area contributed by atoms with Gasteiger partial charge in [0.25, 0.3) is 0 Å². The Morgan fingerprint density at radius 3 is 2.58 bits per heavy atom. The summed E-state index contributed by atoms with van der Waals surface area (Å²) in [5.74, 6) is -0.835. The number of hydrogen-bond acceptors (Lipinski definition) is 3. The van der Waals surface area contributed by atoms with Gasteiger partial charge >= 0.3 is 12.0 Å². The number of hydrogen-bond donors (Lipinski definition) is 2. The Balaban J connectivity index is 2.25. The van der Waals surface area contributed by atoms with Gasteiger partial charge < -0.3 is 20.1 Å². The van der Waals surface area contributed by atoms with Crippen LogP contribution in [0.1, 0.15) is 39.5 Å². The van der Waals surface area contributed by atoms with Gasteiger partial charge in [-0.3, -0.25) is 4.79 Å². The fourth-order valence-corrected chi connectivity index (χ4v) is 2.18. The Bertz CT molecular complexity index is 301. The SMILES string of the molecule is CCOC1CCN(C(=O)NC(C)CCC(=O)O)CC1. The van der Waals surface area contributed by atoms with Gasteiger partial charge in [-0.1, -0.05) is 0 Å². The van der Waals surface area contributed by atoms with Crippen LogP contribution in [0, 0.1) is 0 Å². The van der Waals surface area contributed by atoms with E-state index in [2.05, 4.69) is 5.32 Å². The van der Waals surface area contributed by atoms with Gasteiger partial charge in [-0.15, -0.1) is 0 Å². The third-order valence-corrected chi connectivity index (χ3v) is 3.29.